The van der Waals surface area contributed by atoms with E-state index in [-0.39, 0.29) is 33.9 Å². The zero-order chi connectivity index (χ0) is 16.4. The molecule has 1 aliphatic heterocycles. The molecule has 7 nitrogen and oxygen atoms in total. The Hall–Kier alpha value is -1.99. The maximum absolute atomic E-state index is 12.1. The van der Waals surface area contributed by atoms with Gasteiger partial charge in [0, 0.05) is 15.5 Å². The molecule has 118 valence electrons. The molecule has 2 rings (SSSR count). The number of hydrogen-bond acceptors (Lipinski definition) is 6. The molecule has 1 heterocycles. The largest absolute Gasteiger partial charge is 0.462 e. The summed E-state index contributed by atoms with van der Waals surface area (Å²) in [6.45, 7) is 1.15. The third kappa shape index (κ3) is 3.10. The molecule has 0 radical (unpaired) electrons. The van der Waals surface area contributed by atoms with E-state index >= 15 is 0 Å². The number of hydrogen-bond donors (Lipinski definition) is 1. The van der Waals surface area contributed by atoms with Crippen molar-refractivity contribution in [3.8, 4) is 5.75 Å². The molecule has 0 saturated carbocycles. The van der Waals surface area contributed by atoms with Crippen LogP contribution in [0.1, 0.15) is 18.4 Å². The van der Waals surface area contributed by atoms with Gasteiger partial charge in [0.05, 0.1) is 17.5 Å². The highest BCUT2D eigenvalue weighted by Crippen LogP contribution is 2.44. The molecular formula is C13H12Cl2N2O5. The molecule has 0 bridgehead atoms. The summed E-state index contributed by atoms with van der Waals surface area (Å²) in [7, 11) is 0. The van der Waals surface area contributed by atoms with Crippen LogP contribution in [-0.4, -0.2) is 24.0 Å². The maximum Gasteiger partial charge on any atom is 0.340 e. The van der Waals surface area contributed by atoms with Crippen LogP contribution in [0.4, 0.5) is 0 Å². The first kappa shape index (κ1) is 16.4. The van der Waals surface area contributed by atoms with Gasteiger partial charge < -0.3 is 15.2 Å². The highest BCUT2D eigenvalue weighted by Gasteiger charge is 2.38. The Bertz CT molecular complexity index is 675. The molecule has 1 atom stereocenters. The number of nitrogens with two attached hydrogens (primary N) is 1. The highest BCUT2D eigenvalue weighted by atomic mass is 35.5. The number of ether oxygens (including phenoxy) is 2. The third-order valence-corrected chi connectivity index (χ3v) is 3.56. The molecule has 0 spiro atoms. The fraction of sp³-hybridized carbons (Fsp3) is 0.308. The van der Waals surface area contributed by atoms with Crippen LogP contribution in [0, 0.1) is 10.1 Å². The Balaban J connectivity index is 2.59. The minimum Gasteiger partial charge on any atom is -0.462 e. The van der Waals surface area contributed by atoms with Crippen LogP contribution >= 0.6 is 23.2 Å². The van der Waals surface area contributed by atoms with E-state index in [4.69, 9.17) is 38.4 Å². The van der Waals surface area contributed by atoms with Crippen molar-refractivity contribution < 1.29 is 19.2 Å². The number of nitrogens with zero attached hydrogens (tertiary/aromatic N) is 1. The summed E-state index contributed by atoms with van der Waals surface area (Å²) < 4.78 is 10.2. The topological polar surface area (TPSA) is 105 Å². The van der Waals surface area contributed by atoms with Gasteiger partial charge in [0.15, 0.2) is 5.75 Å². The Labute approximate surface area is 135 Å². The summed E-state index contributed by atoms with van der Waals surface area (Å²) in [6, 6.07) is 2.89. The predicted octanol–water partition coefficient (Wildman–Crippen LogP) is 2.48. The number of fused-ring (bicyclic) bond motifs is 1. The standard InChI is InChI=1S/C13H12Cl2N2O5/c1-2-21-13(18)10-8(5-17(19)20)7-3-6(14)4-9(15)11(7)22-12(10)16/h3-4,8H,2,5,16H2,1H3. The lowest BCUT2D eigenvalue weighted by atomic mass is 9.88. The highest BCUT2D eigenvalue weighted by molar-refractivity contribution is 6.35. The second-order valence-electron chi connectivity index (χ2n) is 4.47. The van der Waals surface area contributed by atoms with E-state index in [0.29, 0.717) is 5.56 Å². The number of rotatable bonds is 4. The van der Waals surface area contributed by atoms with Crippen LogP contribution in [-0.2, 0) is 9.53 Å². The molecule has 1 aromatic carbocycles. The molecule has 1 aromatic rings. The summed E-state index contributed by atoms with van der Waals surface area (Å²) in [5, 5.41) is 11.4. The van der Waals surface area contributed by atoms with E-state index in [2.05, 4.69) is 0 Å². The number of carbonyl (C=O) groups is 1. The van der Waals surface area contributed by atoms with Gasteiger partial charge in [-0.15, -0.1) is 0 Å². The fourth-order valence-electron chi connectivity index (χ4n) is 2.23. The number of carbonyl (C=O) groups excluding carboxylic acids is 1. The van der Waals surface area contributed by atoms with Crippen molar-refractivity contribution in [1.82, 2.24) is 0 Å². The van der Waals surface area contributed by atoms with Gasteiger partial charge in [-0.25, -0.2) is 4.79 Å². The quantitative estimate of drug-likeness (QED) is 0.510. The molecule has 22 heavy (non-hydrogen) atoms. The zero-order valence-electron chi connectivity index (χ0n) is 11.5. The number of esters is 1. The lowest BCUT2D eigenvalue weighted by Gasteiger charge is -2.26. The molecule has 0 aromatic heterocycles. The first-order valence-corrected chi connectivity index (χ1v) is 7.06. The van der Waals surface area contributed by atoms with Crippen molar-refractivity contribution in [3.63, 3.8) is 0 Å². The third-order valence-electron chi connectivity index (χ3n) is 3.07. The Morgan fingerprint density at radius 1 is 1.50 bits per heavy atom. The molecule has 1 aliphatic rings. The second-order valence-corrected chi connectivity index (χ2v) is 5.32. The average molecular weight is 347 g/mol. The van der Waals surface area contributed by atoms with Gasteiger partial charge in [0.1, 0.15) is 5.57 Å². The van der Waals surface area contributed by atoms with E-state index in [9.17, 15) is 14.9 Å². The van der Waals surface area contributed by atoms with Gasteiger partial charge in [0.25, 0.3) is 0 Å². The normalized spacial score (nSPS) is 16.8. The second kappa shape index (κ2) is 6.41. The maximum atomic E-state index is 12.1. The van der Waals surface area contributed by atoms with E-state index in [1.54, 1.807) is 6.92 Å². The first-order chi connectivity index (χ1) is 10.3. The van der Waals surface area contributed by atoms with Crippen molar-refractivity contribution in [1.29, 1.82) is 0 Å². The SMILES string of the molecule is CCOC(=O)C1=C(N)Oc2c(Cl)cc(Cl)cc2C1C[N+](=O)[O-]. The van der Waals surface area contributed by atoms with Crippen molar-refractivity contribution in [2.45, 2.75) is 12.8 Å². The lowest BCUT2D eigenvalue weighted by Crippen LogP contribution is -2.30. The first-order valence-electron chi connectivity index (χ1n) is 6.30. The van der Waals surface area contributed by atoms with Crippen molar-refractivity contribution in [2.24, 2.45) is 5.73 Å². The van der Waals surface area contributed by atoms with Crippen molar-refractivity contribution in [2.75, 3.05) is 13.2 Å². The Kier molecular flexibility index (Phi) is 4.77. The number of benzene rings is 1. The molecule has 0 fully saturated rings. The summed E-state index contributed by atoms with van der Waals surface area (Å²) in [4.78, 5) is 22.5. The molecule has 0 amide bonds. The molecular weight excluding hydrogens is 335 g/mol. The van der Waals surface area contributed by atoms with Crippen LogP contribution in [0.5, 0.6) is 5.75 Å². The average Bonchev–Trinajstić information content (AvgIpc) is 2.40. The summed E-state index contributed by atoms with van der Waals surface area (Å²) >= 11 is 12.0. The van der Waals surface area contributed by atoms with Gasteiger partial charge in [-0.05, 0) is 19.1 Å². The van der Waals surface area contributed by atoms with Crippen molar-refractivity contribution >= 4 is 29.2 Å². The van der Waals surface area contributed by atoms with Crippen LogP contribution in [0.25, 0.3) is 0 Å². The summed E-state index contributed by atoms with van der Waals surface area (Å²) in [5.74, 6) is -1.83. The van der Waals surface area contributed by atoms with E-state index in [1.165, 1.54) is 12.1 Å². The Morgan fingerprint density at radius 2 is 2.18 bits per heavy atom. The summed E-state index contributed by atoms with van der Waals surface area (Å²) in [5.41, 5.74) is 5.96. The summed E-state index contributed by atoms with van der Waals surface area (Å²) in [6.07, 6.45) is 0. The van der Waals surface area contributed by atoms with Crippen LogP contribution < -0.4 is 10.5 Å². The molecule has 1 unspecified atom stereocenters. The zero-order valence-corrected chi connectivity index (χ0v) is 13.0. The van der Waals surface area contributed by atoms with Crippen LogP contribution in [0.15, 0.2) is 23.6 Å². The molecule has 2 N–H and O–H groups in total. The minimum absolute atomic E-state index is 0.101. The number of nitro groups is 1. The van der Waals surface area contributed by atoms with Gasteiger partial charge in [-0.3, -0.25) is 10.1 Å². The molecule has 9 heteroatoms. The van der Waals surface area contributed by atoms with Crippen molar-refractivity contribution in [3.05, 3.63) is 49.3 Å². The number of halogens is 2. The van der Waals surface area contributed by atoms with Gasteiger partial charge in [0.2, 0.25) is 12.4 Å². The Morgan fingerprint density at radius 3 is 2.77 bits per heavy atom. The van der Waals surface area contributed by atoms with E-state index < -0.39 is 23.4 Å². The minimum atomic E-state index is -0.950. The van der Waals surface area contributed by atoms with Gasteiger partial charge >= 0.3 is 5.97 Å². The van der Waals surface area contributed by atoms with Crippen LogP contribution in [0.3, 0.4) is 0 Å². The van der Waals surface area contributed by atoms with Crippen LogP contribution in [0.2, 0.25) is 10.0 Å². The lowest BCUT2D eigenvalue weighted by molar-refractivity contribution is -0.482. The van der Waals surface area contributed by atoms with E-state index in [1.807, 2.05) is 0 Å². The predicted molar refractivity (Wildman–Crippen MR) is 79.5 cm³/mol. The smallest absolute Gasteiger partial charge is 0.340 e. The van der Waals surface area contributed by atoms with Gasteiger partial charge in [-0.1, -0.05) is 23.2 Å². The monoisotopic (exact) mass is 346 g/mol. The van der Waals surface area contributed by atoms with Gasteiger partial charge in [-0.2, -0.15) is 0 Å². The van der Waals surface area contributed by atoms with E-state index in [0.717, 1.165) is 0 Å². The molecule has 0 aliphatic carbocycles. The fourth-order valence-corrected chi connectivity index (χ4v) is 2.78. The molecule has 0 saturated heterocycles.